The molecule has 1 heterocycles. The van der Waals surface area contributed by atoms with E-state index in [1.807, 2.05) is 6.07 Å². The predicted octanol–water partition coefficient (Wildman–Crippen LogP) is 2.99. The van der Waals surface area contributed by atoms with Crippen LogP contribution in [-0.4, -0.2) is 26.5 Å². The van der Waals surface area contributed by atoms with Crippen LogP contribution in [0, 0.1) is 0 Å². The van der Waals surface area contributed by atoms with Crippen molar-refractivity contribution in [3.05, 3.63) is 84.2 Å². The van der Waals surface area contributed by atoms with Gasteiger partial charge in [0.2, 0.25) is 9.84 Å². The van der Waals surface area contributed by atoms with Crippen LogP contribution in [0.25, 0.3) is 0 Å². The number of sulfone groups is 1. The van der Waals surface area contributed by atoms with Crippen molar-refractivity contribution in [2.45, 2.75) is 22.9 Å². The first-order valence-corrected chi connectivity index (χ1v) is 10.4. The molecule has 150 valence electrons. The van der Waals surface area contributed by atoms with Crippen molar-refractivity contribution in [3.63, 3.8) is 0 Å². The number of methoxy groups -OCH3 is 1. The molecule has 1 aromatic heterocycles. The third-order valence-corrected chi connectivity index (χ3v) is 5.91. The second-order valence-electron chi connectivity index (χ2n) is 6.29. The molecule has 0 aliphatic carbocycles. The number of ether oxygens (including phenoxy) is 1. The summed E-state index contributed by atoms with van der Waals surface area (Å²) in [6.07, 6.45) is 3.31. The van der Waals surface area contributed by atoms with Crippen LogP contribution in [0.2, 0.25) is 0 Å². The summed E-state index contributed by atoms with van der Waals surface area (Å²) in [7, 11) is -2.03. The van der Waals surface area contributed by atoms with E-state index < -0.39 is 9.84 Å². The Balaban J connectivity index is 1.71. The van der Waals surface area contributed by atoms with E-state index in [4.69, 9.17) is 10.5 Å². The van der Waals surface area contributed by atoms with Gasteiger partial charge >= 0.3 is 0 Å². The molecule has 0 spiro atoms. The normalized spacial score (nSPS) is 12.0. The quantitative estimate of drug-likeness (QED) is 0.458. The molecule has 0 amide bonds. The number of nitrogens with one attached hydrogen (secondary N) is 1. The number of benzene rings is 2. The van der Waals surface area contributed by atoms with Gasteiger partial charge in [0, 0.05) is 25.2 Å². The molecule has 0 bridgehead atoms. The van der Waals surface area contributed by atoms with Crippen molar-refractivity contribution >= 4 is 21.5 Å². The number of aromatic nitrogens is 1. The van der Waals surface area contributed by atoms with E-state index in [0.717, 1.165) is 16.8 Å². The second-order valence-corrected chi connectivity index (χ2v) is 8.24. The summed E-state index contributed by atoms with van der Waals surface area (Å²) >= 11 is 0. The fourth-order valence-corrected chi connectivity index (χ4v) is 4.01. The lowest BCUT2D eigenvalue weighted by molar-refractivity contribution is 0.184. The number of nitrogens with two attached hydrogens (primary N) is 1. The fraction of sp³-hybridized carbons (Fsp3) is 0.143. The number of pyridine rings is 1. The van der Waals surface area contributed by atoms with Gasteiger partial charge in [-0.3, -0.25) is 4.98 Å². The highest BCUT2D eigenvalue weighted by molar-refractivity contribution is 7.91. The molecule has 7 nitrogen and oxygen atoms in total. The average Bonchev–Trinajstić information content (AvgIpc) is 2.74. The molecule has 3 aromatic rings. The van der Waals surface area contributed by atoms with Crippen LogP contribution in [0.1, 0.15) is 11.1 Å². The zero-order valence-corrected chi connectivity index (χ0v) is 16.8. The van der Waals surface area contributed by atoms with Gasteiger partial charge < -0.3 is 15.8 Å². The maximum absolute atomic E-state index is 12.9. The largest absolute Gasteiger partial charge is 0.380 e. The van der Waals surface area contributed by atoms with E-state index in [-0.39, 0.29) is 15.8 Å². The monoisotopic (exact) mass is 410 g/mol. The maximum Gasteiger partial charge on any atom is 0.206 e. The molecule has 0 radical (unpaired) electrons. The molecule has 0 saturated heterocycles. The Morgan fingerprint density at radius 3 is 2.45 bits per heavy atom. The second kappa shape index (κ2) is 9.31. The van der Waals surface area contributed by atoms with Gasteiger partial charge in [0.25, 0.3) is 0 Å². The molecular formula is C21H22N4O3S. The maximum atomic E-state index is 12.9. The third kappa shape index (κ3) is 5.40. The van der Waals surface area contributed by atoms with Crippen LogP contribution in [0.4, 0.5) is 5.69 Å². The van der Waals surface area contributed by atoms with Crippen LogP contribution in [0.5, 0.6) is 0 Å². The van der Waals surface area contributed by atoms with E-state index in [0.29, 0.717) is 13.2 Å². The van der Waals surface area contributed by atoms with Crippen molar-refractivity contribution in [2.75, 3.05) is 12.4 Å². The van der Waals surface area contributed by atoms with Gasteiger partial charge in [-0.15, -0.1) is 0 Å². The van der Waals surface area contributed by atoms with Crippen LogP contribution >= 0.6 is 0 Å². The third-order valence-electron chi connectivity index (χ3n) is 4.14. The predicted molar refractivity (Wildman–Crippen MR) is 112 cm³/mol. The molecule has 8 heteroatoms. The SMILES string of the molecule is COCc1cccc(S(=O)(=O)c2ccc(CN=C(N)Nc3ccncc3)cc2)c1. The molecule has 0 unspecified atom stereocenters. The first-order valence-electron chi connectivity index (χ1n) is 8.88. The zero-order chi connectivity index (χ0) is 20.7. The highest BCUT2D eigenvalue weighted by Gasteiger charge is 2.17. The van der Waals surface area contributed by atoms with Gasteiger partial charge in [0.1, 0.15) is 0 Å². The standard InChI is InChI=1S/C21H22N4O3S/c1-28-15-17-3-2-4-20(13-17)29(26,27)19-7-5-16(6-8-19)14-24-21(22)25-18-9-11-23-12-10-18/h2-13H,14-15H2,1H3,(H3,22,23,24,25). The van der Waals surface area contributed by atoms with E-state index in [1.54, 1.807) is 74.1 Å². The molecule has 0 saturated carbocycles. The minimum absolute atomic E-state index is 0.225. The van der Waals surface area contributed by atoms with E-state index in [2.05, 4.69) is 15.3 Å². The number of guanidine groups is 1. The van der Waals surface area contributed by atoms with Crippen LogP contribution in [0.15, 0.2) is 87.8 Å². The summed E-state index contributed by atoms with van der Waals surface area (Å²) in [6, 6.07) is 16.9. The minimum atomic E-state index is -3.60. The van der Waals surface area contributed by atoms with Gasteiger partial charge in [0.15, 0.2) is 5.96 Å². The van der Waals surface area contributed by atoms with Crippen molar-refractivity contribution in [2.24, 2.45) is 10.7 Å². The highest BCUT2D eigenvalue weighted by atomic mass is 32.2. The summed E-state index contributed by atoms with van der Waals surface area (Å²) in [6.45, 7) is 0.683. The van der Waals surface area contributed by atoms with Crippen LogP contribution < -0.4 is 11.1 Å². The molecule has 3 rings (SSSR count). The summed E-state index contributed by atoms with van der Waals surface area (Å²) < 4.78 is 30.8. The zero-order valence-electron chi connectivity index (χ0n) is 15.9. The molecule has 29 heavy (non-hydrogen) atoms. The average molecular weight is 410 g/mol. The smallest absolute Gasteiger partial charge is 0.206 e. The summed E-state index contributed by atoms with van der Waals surface area (Å²) in [5.41, 5.74) is 8.32. The van der Waals surface area contributed by atoms with E-state index in [1.165, 1.54) is 0 Å². The minimum Gasteiger partial charge on any atom is -0.380 e. The number of hydrogen-bond donors (Lipinski definition) is 2. The Morgan fingerprint density at radius 2 is 1.76 bits per heavy atom. The van der Waals surface area contributed by atoms with Gasteiger partial charge in [-0.1, -0.05) is 24.3 Å². The Bertz CT molecular complexity index is 1080. The number of rotatable bonds is 7. The summed E-state index contributed by atoms with van der Waals surface area (Å²) in [5.74, 6) is 0.267. The number of hydrogen-bond acceptors (Lipinski definition) is 5. The lowest BCUT2D eigenvalue weighted by Crippen LogP contribution is -2.22. The van der Waals surface area contributed by atoms with Gasteiger partial charge in [-0.05, 0) is 47.5 Å². The molecule has 0 fully saturated rings. The van der Waals surface area contributed by atoms with Crippen LogP contribution in [0.3, 0.4) is 0 Å². The van der Waals surface area contributed by atoms with E-state index in [9.17, 15) is 8.42 Å². The molecule has 2 aromatic carbocycles. The Morgan fingerprint density at radius 1 is 1.03 bits per heavy atom. The van der Waals surface area contributed by atoms with Crippen LogP contribution in [-0.2, 0) is 27.7 Å². The first kappa shape index (κ1) is 20.5. The van der Waals surface area contributed by atoms with Crippen molar-refractivity contribution in [3.8, 4) is 0 Å². The van der Waals surface area contributed by atoms with Gasteiger partial charge in [0.05, 0.1) is 22.9 Å². The van der Waals surface area contributed by atoms with Gasteiger partial charge in [-0.25, -0.2) is 13.4 Å². The lowest BCUT2D eigenvalue weighted by atomic mass is 10.2. The van der Waals surface area contributed by atoms with Gasteiger partial charge in [-0.2, -0.15) is 0 Å². The van der Waals surface area contributed by atoms with E-state index >= 15 is 0 Å². The molecular weight excluding hydrogens is 388 g/mol. The highest BCUT2D eigenvalue weighted by Crippen LogP contribution is 2.22. The molecule has 0 aliphatic rings. The summed E-state index contributed by atoms with van der Waals surface area (Å²) in [5, 5.41) is 2.97. The molecule has 0 atom stereocenters. The number of nitrogens with zero attached hydrogens (tertiary/aromatic N) is 2. The first-order chi connectivity index (χ1) is 14.0. The summed E-state index contributed by atoms with van der Waals surface area (Å²) in [4.78, 5) is 8.67. The van der Waals surface area contributed by atoms with Crippen molar-refractivity contribution in [1.29, 1.82) is 0 Å². The Labute approximate surface area is 170 Å². The topological polar surface area (TPSA) is 107 Å². The lowest BCUT2D eigenvalue weighted by Gasteiger charge is -2.08. The van der Waals surface area contributed by atoms with Crippen molar-refractivity contribution < 1.29 is 13.2 Å². The molecule has 0 aliphatic heterocycles. The van der Waals surface area contributed by atoms with Crippen molar-refractivity contribution in [1.82, 2.24) is 4.98 Å². The molecule has 3 N–H and O–H groups in total. The fourth-order valence-electron chi connectivity index (χ4n) is 2.68. The Kier molecular flexibility index (Phi) is 6.58. The Hall–Kier alpha value is -3.23. The number of aliphatic imine (C=N–C) groups is 1. The number of anilines is 1.